The maximum absolute atomic E-state index is 12.3. The first-order chi connectivity index (χ1) is 7.31. The van der Waals surface area contributed by atoms with Crippen molar-refractivity contribution in [2.45, 2.75) is 31.5 Å². The quantitative estimate of drug-likeness (QED) is 0.828. The van der Waals surface area contributed by atoms with Crippen molar-refractivity contribution in [3.05, 3.63) is 35.4 Å². The minimum absolute atomic E-state index is 0.245. The van der Waals surface area contributed by atoms with E-state index in [4.69, 9.17) is 0 Å². The number of aliphatic hydroxyl groups is 1. The van der Waals surface area contributed by atoms with E-state index < -0.39 is 17.3 Å². The normalized spacial score (nSPS) is 29.2. The lowest BCUT2D eigenvalue weighted by Crippen LogP contribution is -2.14. The van der Waals surface area contributed by atoms with Crippen molar-refractivity contribution in [1.82, 2.24) is 0 Å². The molecule has 4 heteroatoms. The van der Waals surface area contributed by atoms with Gasteiger partial charge in [0.1, 0.15) is 0 Å². The molecule has 1 nitrogen and oxygen atoms in total. The Bertz CT molecular complexity index is 382. The van der Waals surface area contributed by atoms with Crippen LogP contribution in [0.5, 0.6) is 0 Å². The van der Waals surface area contributed by atoms with Gasteiger partial charge in [-0.3, -0.25) is 0 Å². The number of benzene rings is 1. The Morgan fingerprint density at radius 2 is 1.81 bits per heavy atom. The van der Waals surface area contributed by atoms with E-state index in [0.29, 0.717) is 6.42 Å². The zero-order valence-corrected chi connectivity index (χ0v) is 8.88. The van der Waals surface area contributed by atoms with E-state index in [1.807, 2.05) is 6.92 Å². The molecule has 2 atom stereocenters. The fourth-order valence-electron chi connectivity index (χ4n) is 1.88. The predicted octanol–water partition coefficient (Wildman–Crippen LogP) is 3.02. The second kappa shape index (κ2) is 3.48. The topological polar surface area (TPSA) is 20.2 Å². The Hall–Kier alpha value is -1.03. The van der Waals surface area contributed by atoms with E-state index in [2.05, 4.69) is 0 Å². The molecular weight excluding hydrogens is 217 g/mol. The van der Waals surface area contributed by atoms with E-state index in [1.54, 1.807) is 0 Å². The van der Waals surface area contributed by atoms with Gasteiger partial charge in [-0.2, -0.15) is 13.2 Å². The minimum Gasteiger partial charge on any atom is -0.389 e. The molecule has 1 aromatic rings. The molecule has 1 aliphatic carbocycles. The van der Waals surface area contributed by atoms with Crippen molar-refractivity contribution in [2.24, 2.45) is 5.92 Å². The van der Waals surface area contributed by atoms with Crippen LogP contribution < -0.4 is 0 Å². The molecule has 1 fully saturated rings. The summed E-state index contributed by atoms with van der Waals surface area (Å²) in [7, 11) is 0. The summed E-state index contributed by atoms with van der Waals surface area (Å²) in [4.78, 5) is 0. The average molecular weight is 230 g/mol. The highest BCUT2D eigenvalue weighted by atomic mass is 19.4. The number of hydrogen-bond acceptors (Lipinski definition) is 1. The maximum atomic E-state index is 12.3. The second-order valence-corrected chi connectivity index (χ2v) is 4.58. The van der Waals surface area contributed by atoms with Crippen LogP contribution in [0.3, 0.4) is 0 Å². The number of rotatable bonds is 2. The standard InChI is InChI=1S/C12H13F3O/c1-8-6-11(8,16)7-9-2-4-10(5-3-9)12(13,14)15/h2-5,8,16H,6-7H2,1H3. The molecular formula is C12H13F3O. The van der Waals surface area contributed by atoms with Gasteiger partial charge < -0.3 is 5.11 Å². The summed E-state index contributed by atoms with van der Waals surface area (Å²) in [5, 5.41) is 9.86. The molecule has 88 valence electrons. The van der Waals surface area contributed by atoms with Gasteiger partial charge in [-0.1, -0.05) is 19.1 Å². The van der Waals surface area contributed by atoms with Gasteiger partial charge in [-0.25, -0.2) is 0 Å². The molecule has 1 aliphatic rings. The Morgan fingerprint density at radius 3 is 2.19 bits per heavy atom. The molecule has 0 amide bonds. The van der Waals surface area contributed by atoms with Crippen LogP contribution in [0.1, 0.15) is 24.5 Å². The zero-order valence-electron chi connectivity index (χ0n) is 8.88. The Labute approximate surface area is 91.9 Å². The monoisotopic (exact) mass is 230 g/mol. The maximum Gasteiger partial charge on any atom is 0.416 e. The summed E-state index contributed by atoms with van der Waals surface area (Å²) in [6, 6.07) is 5.00. The number of alkyl halides is 3. The third-order valence-electron chi connectivity index (χ3n) is 3.21. The molecule has 2 unspecified atom stereocenters. The molecule has 1 saturated carbocycles. The van der Waals surface area contributed by atoms with Gasteiger partial charge in [0.2, 0.25) is 0 Å². The van der Waals surface area contributed by atoms with Crippen LogP contribution in [-0.4, -0.2) is 10.7 Å². The fraction of sp³-hybridized carbons (Fsp3) is 0.500. The molecule has 0 heterocycles. The average Bonchev–Trinajstić information content (AvgIpc) is 2.73. The molecule has 0 aliphatic heterocycles. The van der Waals surface area contributed by atoms with Crippen molar-refractivity contribution < 1.29 is 18.3 Å². The van der Waals surface area contributed by atoms with Gasteiger partial charge in [0, 0.05) is 6.42 Å². The summed E-state index contributed by atoms with van der Waals surface area (Å²) in [6.45, 7) is 1.93. The largest absolute Gasteiger partial charge is 0.416 e. The highest BCUT2D eigenvalue weighted by Crippen LogP contribution is 2.45. The van der Waals surface area contributed by atoms with Gasteiger partial charge in [0.15, 0.2) is 0 Å². The van der Waals surface area contributed by atoms with E-state index in [9.17, 15) is 18.3 Å². The van der Waals surface area contributed by atoms with Gasteiger partial charge in [-0.15, -0.1) is 0 Å². The molecule has 0 bridgehead atoms. The van der Waals surface area contributed by atoms with Crippen molar-refractivity contribution in [1.29, 1.82) is 0 Å². The van der Waals surface area contributed by atoms with Gasteiger partial charge in [0.25, 0.3) is 0 Å². The van der Waals surface area contributed by atoms with Crippen molar-refractivity contribution in [2.75, 3.05) is 0 Å². The lowest BCUT2D eigenvalue weighted by atomic mass is 10.0. The zero-order chi connectivity index (χ0) is 12.0. The van der Waals surface area contributed by atoms with Gasteiger partial charge >= 0.3 is 6.18 Å². The molecule has 1 aromatic carbocycles. The van der Waals surface area contributed by atoms with Crippen LogP contribution >= 0.6 is 0 Å². The molecule has 0 radical (unpaired) electrons. The van der Waals surface area contributed by atoms with E-state index in [1.165, 1.54) is 12.1 Å². The first-order valence-corrected chi connectivity index (χ1v) is 5.20. The van der Waals surface area contributed by atoms with E-state index in [0.717, 1.165) is 24.1 Å². The van der Waals surface area contributed by atoms with Crippen LogP contribution in [0.4, 0.5) is 13.2 Å². The van der Waals surface area contributed by atoms with Crippen LogP contribution in [-0.2, 0) is 12.6 Å². The van der Waals surface area contributed by atoms with Crippen LogP contribution in [0.25, 0.3) is 0 Å². The molecule has 0 saturated heterocycles. The summed E-state index contributed by atoms with van der Waals surface area (Å²) in [6.07, 6.45) is -3.12. The molecule has 0 aromatic heterocycles. The predicted molar refractivity (Wildman–Crippen MR) is 53.9 cm³/mol. The first kappa shape index (κ1) is 11.5. The lowest BCUT2D eigenvalue weighted by Gasteiger charge is -2.11. The minimum atomic E-state index is -4.29. The SMILES string of the molecule is CC1CC1(O)Cc1ccc(C(F)(F)F)cc1. The summed E-state index contributed by atoms with van der Waals surface area (Å²) >= 11 is 0. The number of halogens is 3. The molecule has 16 heavy (non-hydrogen) atoms. The van der Waals surface area contributed by atoms with E-state index >= 15 is 0 Å². The Balaban J connectivity index is 2.09. The van der Waals surface area contributed by atoms with Crippen molar-refractivity contribution in [3.63, 3.8) is 0 Å². The van der Waals surface area contributed by atoms with Gasteiger partial charge in [-0.05, 0) is 30.0 Å². The molecule has 1 N–H and O–H groups in total. The smallest absolute Gasteiger partial charge is 0.389 e. The summed E-state index contributed by atoms with van der Waals surface area (Å²) in [5.74, 6) is 0.245. The van der Waals surface area contributed by atoms with E-state index in [-0.39, 0.29) is 5.92 Å². The Morgan fingerprint density at radius 1 is 1.31 bits per heavy atom. The highest BCUT2D eigenvalue weighted by molar-refractivity contribution is 5.27. The highest BCUT2D eigenvalue weighted by Gasteiger charge is 2.49. The third kappa shape index (κ3) is 2.21. The second-order valence-electron chi connectivity index (χ2n) is 4.58. The van der Waals surface area contributed by atoms with Gasteiger partial charge in [0.05, 0.1) is 11.2 Å². The molecule has 2 rings (SSSR count). The van der Waals surface area contributed by atoms with Crippen molar-refractivity contribution >= 4 is 0 Å². The first-order valence-electron chi connectivity index (χ1n) is 5.20. The lowest BCUT2D eigenvalue weighted by molar-refractivity contribution is -0.137. The fourth-order valence-corrected chi connectivity index (χ4v) is 1.88. The summed E-state index contributed by atoms with van der Waals surface area (Å²) < 4.78 is 36.8. The van der Waals surface area contributed by atoms with Crippen LogP contribution in [0.15, 0.2) is 24.3 Å². The number of hydrogen-bond donors (Lipinski definition) is 1. The Kier molecular flexibility index (Phi) is 2.49. The summed E-state index contributed by atoms with van der Waals surface area (Å²) in [5.41, 5.74) is -0.591. The molecule has 0 spiro atoms. The van der Waals surface area contributed by atoms with Crippen LogP contribution in [0, 0.1) is 5.92 Å². The van der Waals surface area contributed by atoms with Crippen LogP contribution in [0.2, 0.25) is 0 Å². The third-order valence-corrected chi connectivity index (χ3v) is 3.21. The van der Waals surface area contributed by atoms with Crippen molar-refractivity contribution in [3.8, 4) is 0 Å².